The van der Waals surface area contributed by atoms with E-state index in [4.69, 9.17) is 10.5 Å². The number of aromatic nitrogens is 3. The Morgan fingerprint density at radius 1 is 1.29 bits per heavy atom. The molecule has 162 valence electrons. The van der Waals surface area contributed by atoms with Gasteiger partial charge in [-0.2, -0.15) is 5.10 Å². The lowest BCUT2D eigenvalue weighted by atomic mass is 9.87. The van der Waals surface area contributed by atoms with Crippen molar-refractivity contribution in [2.45, 2.75) is 25.5 Å². The summed E-state index contributed by atoms with van der Waals surface area (Å²) in [6, 6.07) is 5.51. The van der Waals surface area contributed by atoms with Crippen LogP contribution in [0, 0.1) is 11.7 Å². The molecule has 31 heavy (non-hydrogen) atoms. The van der Waals surface area contributed by atoms with E-state index < -0.39 is 17.9 Å². The van der Waals surface area contributed by atoms with E-state index in [1.165, 1.54) is 29.4 Å². The van der Waals surface area contributed by atoms with Crippen LogP contribution in [0.3, 0.4) is 0 Å². The highest BCUT2D eigenvalue weighted by atomic mass is 19.1. The number of amides is 2. The summed E-state index contributed by atoms with van der Waals surface area (Å²) in [6.45, 7) is 2.29. The molecule has 1 aliphatic heterocycles. The van der Waals surface area contributed by atoms with Gasteiger partial charge < -0.3 is 20.7 Å². The summed E-state index contributed by atoms with van der Waals surface area (Å²) in [5, 5.41) is 9.82. The number of anilines is 2. The van der Waals surface area contributed by atoms with Crippen molar-refractivity contribution in [1.82, 2.24) is 20.1 Å². The number of hydrogen-bond donors (Lipinski definition) is 3. The molecule has 0 saturated carbocycles. The van der Waals surface area contributed by atoms with Crippen LogP contribution in [0.4, 0.5) is 15.9 Å². The van der Waals surface area contributed by atoms with Crippen LogP contribution in [0.5, 0.6) is 0 Å². The van der Waals surface area contributed by atoms with E-state index in [1.54, 1.807) is 19.2 Å². The highest BCUT2D eigenvalue weighted by Crippen LogP contribution is 2.35. The molecule has 4 N–H and O–H groups in total. The minimum absolute atomic E-state index is 0.0240. The van der Waals surface area contributed by atoms with E-state index in [0.717, 1.165) is 5.56 Å². The number of methoxy groups -OCH3 is 1. The lowest BCUT2D eigenvalue weighted by Gasteiger charge is -2.42. The van der Waals surface area contributed by atoms with Crippen molar-refractivity contribution in [3.05, 3.63) is 48.0 Å². The Kier molecular flexibility index (Phi) is 5.55. The summed E-state index contributed by atoms with van der Waals surface area (Å²) in [5.74, 6) is -1.58. The maximum absolute atomic E-state index is 13.4. The Morgan fingerprint density at radius 2 is 2.03 bits per heavy atom. The summed E-state index contributed by atoms with van der Waals surface area (Å²) in [6.07, 6.45) is 3.28. The molecule has 0 unspecified atom stereocenters. The quantitative estimate of drug-likeness (QED) is 0.552. The fraction of sp³-hybridized carbons (Fsp3) is 0.333. The maximum Gasteiger partial charge on any atom is 0.314 e. The SMILES string of the molecule is CO[C@@H]1C[C@H](c2ccc(F)cc2)N(C(=O)C(=O)Nc2cnc(N)c3cn[nH]c23)C[C@H]1C. The van der Waals surface area contributed by atoms with Gasteiger partial charge in [0.15, 0.2) is 0 Å². The van der Waals surface area contributed by atoms with Crippen molar-refractivity contribution in [3.8, 4) is 0 Å². The third-order valence-electron chi connectivity index (χ3n) is 5.73. The van der Waals surface area contributed by atoms with E-state index >= 15 is 0 Å². The number of rotatable bonds is 3. The lowest BCUT2D eigenvalue weighted by molar-refractivity contribution is -0.149. The van der Waals surface area contributed by atoms with E-state index in [9.17, 15) is 14.0 Å². The molecule has 3 aromatic rings. The first-order valence-electron chi connectivity index (χ1n) is 9.86. The number of nitrogen functional groups attached to an aromatic ring is 1. The van der Waals surface area contributed by atoms with E-state index in [1.807, 2.05) is 6.92 Å². The fourth-order valence-corrected chi connectivity index (χ4v) is 4.04. The zero-order valence-electron chi connectivity index (χ0n) is 17.1. The van der Waals surface area contributed by atoms with Crippen molar-refractivity contribution < 1.29 is 18.7 Å². The molecule has 10 heteroatoms. The topological polar surface area (TPSA) is 126 Å². The summed E-state index contributed by atoms with van der Waals surface area (Å²) >= 11 is 0. The zero-order chi connectivity index (χ0) is 22.1. The molecular formula is C21H23FN6O3. The van der Waals surface area contributed by atoms with Gasteiger partial charge in [0.05, 0.1) is 41.1 Å². The van der Waals surface area contributed by atoms with Crippen molar-refractivity contribution >= 4 is 34.2 Å². The van der Waals surface area contributed by atoms with Crippen LogP contribution in [0.15, 0.2) is 36.7 Å². The van der Waals surface area contributed by atoms with Crippen molar-refractivity contribution in [2.75, 3.05) is 24.7 Å². The number of aromatic amines is 1. The van der Waals surface area contributed by atoms with Gasteiger partial charge in [-0.25, -0.2) is 9.37 Å². The molecule has 0 bridgehead atoms. The predicted octanol–water partition coefficient (Wildman–Crippen LogP) is 2.24. The highest BCUT2D eigenvalue weighted by molar-refractivity contribution is 6.40. The summed E-state index contributed by atoms with van der Waals surface area (Å²) < 4.78 is 19.0. The molecule has 0 aliphatic carbocycles. The molecule has 3 atom stereocenters. The Bertz CT molecular complexity index is 1120. The van der Waals surface area contributed by atoms with Gasteiger partial charge in [-0.1, -0.05) is 19.1 Å². The van der Waals surface area contributed by atoms with Crippen LogP contribution < -0.4 is 11.1 Å². The number of carbonyl (C=O) groups is 2. The monoisotopic (exact) mass is 426 g/mol. The van der Waals surface area contributed by atoms with Gasteiger partial charge in [0.2, 0.25) is 0 Å². The third kappa shape index (κ3) is 3.93. The molecule has 1 fully saturated rings. The van der Waals surface area contributed by atoms with Crippen LogP contribution in [0.25, 0.3) is 10.9 Å². The molecule has 0 radical (unpaired) electrons. The number of carbonyl (C=O) groups excluding carboxylic acids is 2. The fourth-order valence-electron chi connectivity index (χ4n) is 4.04. The minimum Gasteiger partial charge on any atom is -0.383 e. The van der Waals surface area contributed by atoms with E-state index in [0.29, 0.717) is 29.6 Å². The third-order valence-corrected chi connectivity index (χ3v) is 5.73. The highest BCUT2D eigenvalue weighted by Gasteiger charge is 2.39. The Morgan fingerprint density at radius 3 is 2.74 bits per heavy atom. The van der Waals surface area contributed by atoms with Gasteiger partial charge in [-0.3, -0.25) is 14.7 Å². The van der Waals surface area contributed by atoms with Gasteiger partial charge in [-0.15, -0.1) is 0 Å². The summed E-state index contributed by atoms with van der Waals surface area (Å²) in [4.78, 5) is 31.6. The van der Waals surface area contributed by atoms with Gasteiger partial charge >= 0.3 is 11.8 Å². The number of piperidine rings is 1. The number of ether oxygens (including phenoxy) is 1. The predicted molar refractivity (Wildman–Crippen MR) is 112 cm³/mol. The largest absolute Gasteiger partial charge is 0.383 e. The number of hydrogen-bond acceptors (Lipinski definition) is 6. The lowest BCUT2D eigenvalue weighted by Crippen LogP contribution is -2.50. The Balaban J connectivity index is 1.60. The number of benzene rings is 1. The summed E-state index contributed by atoms with van der Waals surface area (Å²) in [5.41, 5.74) is 7.34. The number of likely N-dealkylation sites (tertiary alicyclic amines) is 1. The average molecular weight is 426 g/mol. The van der Waals surface area contributed by atoms with Crippen LogP contribution in [0.2, 0.25) is 0 Å². The van der Waals surface area contributed by atoms with Crippen molar-refractivity contribution in [3.63, 3.8) is 0 Å². The first kappa shape index (κ1) is 20.7. The van der Waals surface area contributed by atoms with E-state index in [2.05, 4.69) is 20.5 Å². The first-order valence-corrected chi connectivity index (χ1v) is 9.86. The smallest absolute Gasteiger partial charge is 0.314 e. The van der Waals surface area contributed by atoms with Gasteiger partial charge in [0.25, 0.3) is 0 Å². The number of nitrogens with one attached hydrogen (secondary N) is 2. The second-order valence-electron chi connectivity index (χ2n) is 7.68. The Hall–Kier alpha value is -3.53. The molecule has 1 aliphatic rings. The zero-order valence-corrected chi connectivity index (χ0v) is 17.1. The van der Waals surface area contributed by atoms with Gasteiger partial charge in [0.1, 0.15) is 11.6 Å². The minimum atomic E-state index is -0.808. The Labute approximate surface area is 177 Å². The molecule has 0 spiro atoms. The van der Waals surface area contributed by atoms with Crippen LogP contribution in [-0.2, 0) is 14.3 Å². The van der Waals surface area contributed by atoms with Crippen LogP contribution in [-0.4, -0.2) is 51.7 Å². The van der Waals surface area contributed by atoms with Crippen molar-refractivity contribution in [2.24, 2.45) is 5.92 Å². The number of nitrogens with zero attached hydrogens (tertiary/aromatic N) is 3. The number of halogens is 1. The standard InChI is InChI=1S/C21H23FN6O3/c1-11-10-28(16(7-17(11)31-2)12-3-5-13(22)6-4-12)21(30)20(29)26-15-9-24-19(23)14-8-25-27-18(14)15/h3-6,8-9,11,16-17H,7,10H2,1-2H3,(H2,23,24)(H,25,27)(H,26,29)/t11-,16-,17-/m1/s1. The summed E-state index contributed by atoms with van der Waals surface area (Å²) in [7, 11) is 1.62. The van der Waals surface area contributed by atoms with Gasteiger partial charge in [0, 0.05) is 19.6 Å². The average Bonchev–Trinajstić information content (AvgIpc) is 3.27. The van der Waals surface area contributed by atoms with Crippen LogP contribution in [0.1, 0.15) is 24.9 Å². The number of nitrogens with two attached hydrogens (primary N) is 1. The van der Waals surface area contributed by atoms with E-state index in [-0.39, 0.29) is 23.7 Å². The molecule has 9 nitrogen and oxygen atoms in total. The van der Waals surface area contributed by atoms with Crippen molar-refractivity contribution in [1.29, 1.82) is 0 Å². The van der Waals surface area contributed by atoms with Gasteiger partial charge in [-0.05, 0) is 24.1 Å². The molecular weight excluding hydrogens is 403 g/mol. The molecule has 2 aromatic heterocycles. The normalized spacial score (nSPS) is 21.3. The number of H-pyrrole nitrogens is 1. The maximum atomic E-state index is 13.4. The molecule has 1 saturated heterocycles. The molecule has 3 heterocycles. The molecule has 1 aromatic carbocycles. The second kappa shape index (κ2) is 8.31. The second-order valence-corrected chi connectivity index (χ2v) is 7.68. The number of pyridine rings is 1. The molecule has 2 amide bonds. The molecule has 4 rings (SSSR count). The van der Waals surface area contributed by atoms with Crippen LogP contribution >= 0.6 is 0 Å². The number of fused-ring (bicyclic) bond motifs is 1. The first-order chi connectivity index (χ1) is 14.9.